The van der Waals surface area contributed by atoms with E-state index in [2.05, 4.69) is 65.6 Å². The fourth-order valence-corrected chi connectivity index (χ4v) is 3.17. The van der Waals surface area contributed by atoms with Crippen molar-refractivity contribution >= 4 is 22.9 Å². The lowest BCUT2D eigenvalue weighted by Gasteiger charge is -2.13. The van der Waals surface area contributed by atoms with Gasteiger partial charge in [-0.1, -0.05) is 30.3 Å². The zero-order valence-electron chi connectivity index (χ0n) is 12.9. The predicted octanol–water partition coefficient (Wildman–Crippen LogP) is 4.14. The van der Waals surface area contributed by atoms with E-state index in [0.717, 1.165) is 17.8 Å². The Kier molecular flexibility index (Phi) is 4.71. The lowest BCUT2D eigenvalue weighted by atomic mass is 10.2. The number of aromatic nitrogens is 1. The van der Waals surface area contributed by atoms with E-state index in [1.54, 1.807) is 11.9 Å². The van der Waals surface area contributed by atoms with Crippen molar-refractivity contribution in [3.8, 4) is 5.75 Å². The molecule has 0 amide bonds. The zero-order valence-corrected chi connectivity index (χ0v) is 13.7. The summed E-state index contributed by atoms with van der Waals surface area (Å²) in [5.74, 6) is 0.938. The second kappa shape index (κ2) is 6.90. The monoisotopic (exact) mass is 312 g/mol. The maximum atomic E-state index is 5.99. The lowest BCUT2D eigenvalue weighted by molar-refractivity contribution is 0.263. The Morgan fingerprint density at radius 3 is 2.59 bits per heavy atom. The molecular weight excluding hydrogens is 292 g/mol. The van der Waals surface area contributed by atoms with E-state index in [4.69, 9.17) is 4.74 Å². The van der Waals surface area contributed by atoms with Crippen molar-refractivity contribution < 1.29 is 4.74 Å². The van der Waals surface area contributed by atoms with Crippen LogP contribution in [0.5, 0.6) is 5.75 Å². The van der Waals surface area contributed by atoms with Crippen molar-refractivity contribution in [1.82, 2.24) is 8.87 Å². The molecule has 0 spiro atoms. The first-order chi connectivity index (χ1) is 10.7. The lowest BCUT2D eigenvalue weighted by Crippen LogP contribution is -2.19. The minimum absolute atomic E-state index is 0.688. The number of rotatable bonds is 6. The highest BCUT2D eigenvalue weighted by molar-refractivity contribution is 7.98. The second-order valence-corrected chi connectivity index (χ2v) is 6.44. The van der Waals surface area contributed by atoms with Crippen molar-refractivity contribution in [2.24, 2.45) is 0 Å². The Labute approximate surface area is 135 Å². The number of hydrogen-bond acceptors (Lipinski definition) is 3. The number of likely N-dealkylation sites (N-methyl/N-ethyl adjacent to an activating group) is 1. The van der Waals surface area contributed by atoms with E-state index in [-0.39, 0.29) is 0 Å². The van der Waals surface area contributed by atoms with Crippen LogP contribution in [0.4, 0.5) is 0 Å². The molecule has 0 atom stereocenters. The molecule has 0 N–H and O–H groups in total. The topological polar surface area (TPSA) is 17.4 Å². The molecule has 4 heteroatoms. The van der Waals surface area contributed by atoms with Crippen LogP contribution < -0.4 is 4.74 Å². The Bertz CT molecular complexity index is 737. The molecule has 0 aliphatic carbocycles. The number of fused-ring (bicyclic) bond motifs is 1. The molecule has 2 aromatic carbocycles. The summed E-state index contributed by atoms with van der Waals surface area (Å²) in [4.78, 5) is 3.33. The molecular formula is C18H20N2OS. The summed E-state index contributed by atoms with van der Waals surface area (Å²) < 4.78 is 8.17. The molecule has 0 saturated carbocycles. The van der Waals surface area contributed by atoms with Crippen molar-refractivity contribution in [3.63, 3.8) is 0 Å². The van der Waals surface area contributed by atoms with E-state index >= 15 is 0 Å². The fourth-order valence-electron chi connectivity index (χ4n) is 2.26. The minimum atomic E-state index is 0.688. The van der Waals surface area contributed by atoms with Gasteiger partial charge in [0.1, 0.15) is 17.9 Å². The Hall–Kier alpha value is -1.91. The van der Waals surface area contributed by atoms with Crippen molar-refractivity contribution in [2.45, 2.75) is 4.90 Å². The smallest absolute Gasteiger partial charge is 0.144 e. The van der Waals surface area contributed by atoms with Gasteiger partial charge in [0.25, 0.3) is 0 Å². The Morgan fingerprint density at radius 1 is 1.00 bits per heavy atom. The van der Waals surface area contributed by atoms with Crippen LogP contribution in [0.25, 0.3) is 10.9 Å². The molecule has 0 bridgehead atoms. The molecule has 1 aromatic heterocycles. The van der Waals surface area contributed by atoms with Gasteiger partial charge in [-0.3, -0.25) is 3.97 Å². The molecule has 3 rings (SSSR count). The average Bonchev–Trinajstić information content (AvgIpc) is 2.92. The molecule has 114 valence electrons. The van der Waals surface area contributed by atoms with E-state index in [0.29, 0.717) is 6.61 Å². The minimum Gasteiger partial charge on any atom is -0.490 e. The SMILES string of the molecule is CN(C)CCOc1cccc2ccn(Sc3ccccc3)c12. The van der Waals surface area contributed by atoms with E-state index in [9.17, 15) is 0 Å². The maximum absolute atomic E-state index is 5.99. The number of para-hydroxylation sites is 1. The second-order valence-electron chi connectivity index (χ2n) is 5.39. The highest BCUT2D eigenvalue weighted by Gasteiger charge is 2.09. The largest absolute Gasteiger partial charge is 0.490 e. The first-order valence-corrected chi connectivity index (χ1v) is 8.12. The third kappa shape index (κ3) is 3.46. The average molecular weight is 312 g/mol. The Morgan fingerprint density at radius 2 is 1.82 bits per heavy atom. The molecule has 3 aromatic rings. The van der Waals surface area contributed by atoms with Gasteiger partial charge in [0, 0.05) is 23.0 Å². The van der Waals surface area contributed by atoms with Crippen molar-refractivity contribution in [3.05, 3.63) is 60.8 Å². The summed E-state index contributed by atoms with van der Waals surface area (Å²) in [5, 5.41) is 1.20. The van der Waals surface area contributed by atoms with Gasteiger partial charge in [-0.05, 0) is 50.3 Å². The maximum Gasteiger partial charge on any atom is 0.144 e. The molecule has 1 heterocycles. The first kappa shape index (κ1) is 15.0. The molecule has 0 aliphatic rings. The van der Waals surface area contributed by atoms with Gasteiger partial charge in [0.2, 0.25) is 0 Å². The van der Waals surface area contributed by atoms with Gasteiger partial charge in [-0.15, -0.1) is 0 Å². The summed E-state index contributed by atoms with van der Waals surface area (Å²) in [6, 6.07) is 18.7. The van der Waals surface area contributed by atoms with Gasteiger partial charge < -0.3 is 9.64 Å². The van der Waals surface area contributed by atoms with Gasteiger partial charge in [0.15, 0.2) is 0 Å². The number of nitrogens with zero attached hydrogens (tertiary/aromatic N) is 2. The third-order valence-corrected chi connectivity index (χ3v) is 4.37. The van der Waals surface area contributed by atoms with Crippen LogP contribution in [0.1, 0.15) is 0 Å². The Balaban J connectivity index is 1.87. The van der Waals surface area contributed by atoms with E-state index < -0.39 is 0 Å². The van der Waals surface area contributed by atoms with Crippen LogP contribution in [0, 0.1) is 0 Å². The summed E-state index contributed by atoms with van der Waals surface area (Å²) >= 11 is 1.70. The third-order valence-electron chi connectivity index (χ3n) is 3.38. The highest BCUT2D eigenvalue weighted by atomic mass is 32.2. The molecule has 0 unspecified atom stereocenters. The quantitative estimate of drug-likeness (QED) is 0.681. The molecule has 3 nitrogen and oxygen atoms in total. The van der Waals surface area contributed by atoms with Gasteiger partial charge in [-0.2, -0.15) is 0 Å². The fraction of sp³-hybridized carbons (Fsp3) is 0.222. The van der Waals surface area contributed by atoms with Gasteiger partial charge in [0.05, 0.1) is 0 Å². The number of benzene rings is 2. The zero-order chi connectivity index (χ0) is 15.4. The van der Waals surface area contributed by atoms with Crippen LogP contribution in [0.15, 0.2) is 65.7 Å². The van der Waals surface area contributed by atoms with Crippen LogP contribution >= 0.6 is 11.9 Å². The summed E-state index contributed by atoms with van der Waals surface area (Å²) in [6.07, 6.45) is 2.10. The van der Waals surface area contributed by atoms with Crippen molar-refractivity contribution in [2.75, 3.05) is 27.2 Å². The molecule has 22 heavy (non-hydrogen) atoms. The van der Waals surface area contributed by atoms with Gasteiger partial charge >= 0.3 is 0 Å². The molecule has 0 radical (unpaired) electrons. The van der Waals surface area contributed by atoms with Gasteiger partial charge in [-0.25, -0.2) is 0 Å². The summed E-state index contributed by atoms with van der Waals surface area (Å²) in [5.41, 5.74) is 1.13. The van der Waals surface area contributed by atoms with E-state index in [1.165, 1.54) is 10.3 Å². The molecule has 0 saturated heterocycles. The predicted molar refractivity (Wildman–Crippen MR) is 93.7 cm³/mol. The van der Waals surface area contributed by atoms with Crippen LogP contribution in [0.2, 0.25) is 0 Å². The molecule has 0 aliphatic heterocycles. The number of ether oxygens (including phenoxy) is 1. The standard InChI is InChI=1S/C18H20N2OS/c1-19(2)13-14-21-17-10-6-7-15-11-12-20(18(15)17)22-16-8-4-3-5-9-16/h3-12H,13-14H2,1-2H3. The molecule has 0 fully saturated rings. The van der Waals surface area contributed by atoms with Crippen molar-refractivity contribution in [1.29, 1.82) is 0 Å². The summed E-state index contributed by atoms with van der Waals surface area (Å²) in [7, 11) is 4.11. The highest BCUT2D eigenvalue weighted by Crippen LogP contribution is 2.32. The summed E-state index contributed by atoms with van der Waals surface area (Å²) in [6.45, 7) is 1.59. The van der Waals surface area contributed by atoms with E-state index in [1.807, 2.05) is 18.2 Å². The first-order valence-electron chi connectivity index (χ1n) is 7.35. The van der Waals surface area contributed by atoms with Crippen LogP contribution in [-0.2, 0) is 0 Å². The number of hydrogen-bond donors (Lipinski definition) is 0. The van der Waals surface area contributed by atoms with Crippen LogP contribution in [0.3, 0.4) is 0 Å². The normalized spacial score (nSPS) is 11.2. The van der Waals surface area contributed by atoms with Crippen LogP contribution in [-0.4, -0.2) is 36.1 Å².